The molecule has 0 atom stereocenters. The van der Waals surface area contributed by atoms with E-state index in [1.807, 2.05) is 0 Å². The van der Waals surface area contributed by atoms with Crippen LogP contribution in [0.25, 0.3) is 0 Å². The summed E-state index contributed by atoms with van der Waals surface area (Å²) in [5.41, 5.74) is 5.34. The van der Waals surface area contributed by atoms with Gasteiger partial charge in [-0.25, -0.2) is 9.18 Å². The summed E-state index contributed by atoms with van der Waals surface area (Å²) >= 11 is 0. The molecule has 98 valence electrons. The number of amidine groups is 1. The molecule has 0 bridgehead atoms. The molecule has 2 amide bonds. The molecule has 0 spiro atoms. The molecule has 7 heteroatoms. The van der Waals surface area contributed by atoms with E-state index in [1.165, 1.54) is 12.1 Å². The van der Waals surface area contributed by atoms with Crippen LogP contribution in [0.2, 0.25) is 0 Å². The number of halogens is 1. The second-order valence-electron chi connectivity index (χ2n) is 3.90. The van der Waals surface area contributed by atoms with Crippen molar-refractivity contribution in [2.24, 2.45) is 10.9 Å². The molecule has 0 fully saturated rings. The maximum Gasteiger partial charge on any atom is 0.319 e. The van der Waals surface area contributed by atoms with Crippen molar-refractivity contribution in [2.45, 2.75) is 19.9 Å². The fourth-order valence-corrected chi connectivity index (χ4v) is 1.36. The maximum absolute atomic E-state index is 13.6. The van der Waals surface area contributed by atoms with Crippen LogP contribution < -0.4 is 16.4 Å². The highest BCUT2D eigenvalue weighted by atomic mass is 19.1. The van der Waals surface area contributed by atoms with Gasteiger partial charge in [0.05, 0.1) is 11.3 Å². The van der Waals surface area contributed by atoms with Crippen LogP contribution in [0.5, 0.6) is 0 Å². The van der Waals surface area contributed by atoms with Gasteiger partial charge >= 0.3 is 6.03 Å². The van der Waals surface area contributed by atoms with E-state index in [-0.39, 0.29) is 17.3 Å². The molecular formula is C11H15FN4O2. The zero-order valence-electron chi connectivity index (χ0n) is 10.1. The first kappa shape index (κ1) is 13.8. The summed E-state index contributed by atoms with van der Waals surface area (Å²) in [5.74, 6) is -1.10. The van der Waals surface area contributed by atoms with Crippen molar-refractivity contribution in [2.75, 3.05) is 5.32 Å². The summed E-state index contributed by atoms with van der Waals surface area (Å²) in [6.07, 6.45) is 0. The Hall–Kier alpha value is -2.31. The number of oxime groups is 1. The summed E-state index contributed by atoms with van der Waals surface area (Å²) in [5, 5.41) is 16.3. The summed E-state index contributed by atoms with van der Waals surface area (Å²) < 4.78 is 13.6. The first-order valence-corrected chi connectivity index (χ1v) is 5.29. The number of nitrogens with two attached hydrogens (primary N) is 1. The van der Waals surface area contributed by atoms with Crippen molar-refractivity contribution in [3.8, 4) is 0 Å². The second kappa shape index (κ2) is 5.85. The van der Waals surface area contributed by atoms with Gasteiger partial charge in [-0.1, -0.05) is 11.2 Å². The third-order valence-corrected chi connectivity index (χ3v) is 2.05. The lowest BCUT2D eigenvalue weighted by atomic mass is 10.1. The highest BCUT2D eigenvalue weighted by Crippen LogP contribution is 2.18. The number of hydrogen-bond donors (Lipinski definition) is 4. The lowest BCUT2D eigenvalue weighted by Gasteiger charge is -2.13. The van der Waals surface area contributed by atoms with Gasteiger partial charge in [-0.2, -0.15) is 0 Å². The third kappa shape index (κ3) is 3.34. The average molecular weight is 254 g/mol. The van der Waals surface area contributed by atoms with Crippen LogP contribution in [0.4, 0.5) is 14.9 Å². The Bertz CT molecular complexity index is 474. The average Bonchev–Trinajstić information content (AvgIpc) is 2.27. The fraction of sp³-hybridized carbons (Fsp3) is 0.273. The van der Waals surface area contributed by atoms with Crippen LogP contribution in [0, 0.1) is 5.82 Å². The van der Waals surface area contributed by atoms with E-state index in [1.54, 1.807) is 13.8 Å². The molecular weight excluding hydrogens is 239 g/mol. The van der Waals surface area contributed by atoms with E-state index in [2.05, 4.69) is 15.8 Å². The smallest absolute Gasteiger partial charge is 0.319 e. The van der Waals surface area contributed by atoms with Gasteiger partial charge in [-0.3, -0.25) is 0 Å². The predicted molar refractivity (Wildman–Crippen MR) is 66.2 cm³/mol. The number of benzene rings is 1. The molecule has 0 heterocycles. The molecule has 1 aromatic rings. The molecule has 1 rings (SSSR count). The van der Waals surface area contributed by atoms with Crippen LogP contribution in [0.1, 0.15) is 19.4 Å². The van der Waals surface area contributed by atoms with E-state index >= 15 is 0 Å². The lowest BCUT2D eigenvalue weighted by molar-refractivity contribution is 0.250. The summed E-state index contributed by atoms with van der Waals surface area (Å²) in [6, 6.07) is 3.46. The monoisotopic (exact) mass is 254 g/mol. The summed E-state index contributed by atoms with van der Waals surface area (Å²) in [7, 11) is 0. The molecule has 18 heavy (non-hydrogen) atoms. The minimum absolute atomic E-state index is 0.0640. The Morgan fingerprint density at radius 3 is 2.72 bits per heavy atom. The van der Waals surface area contributed by atoms with Crippen LogP contribution in [-0.2, 0) is 0 Å². The standard InChI is InChI=1S/C11H15FN4O2/c1-6(2)14-11(17)15-8-5-3-4-7(12)9(8)10(13)16-18/h3-6,18H,1-2H3,(H2,13,16)(H2,14,15,17). The van der Waals surface area contributed by atoms with Crippen molar-refractivity contribution in [3.63, 3.8) is 0 Å². The largest absolute Gasteiger partial charge is 0.409 e. The van der Waals surface area contributed by atoms with Crippen molar-refractivity contribution >= 4 is 17.6 Å². The van der Waals surface area contributed by atoms with Gasteiger partial charge in [-0.05, 0) is 26.0 Å². The first-order valence-electron chi connectivity index (χ1n) is 5.29. The number of anilines is 1. The molecule has 0 aromatic heterocycles. The van der Waals surface area contributed by atoms with Gasteiger partial charge in [-0.15, -0.1) is 0 Å². The zero-order valence-corrected chi connectivity index (χ0v) is 10.1. The van der Waals surface area contributed by atoms with Gasteiger partial charge in [0.1, 0.15) is 5.82 Å². The normalized spacial score (nSPS) is 11.4. The third-order valence-electron chi connectivity index (χ3n) is 2.05. The second-order valence-corrected chi connectivity index (χ2v) is 3.90. The van der Waals surface area contributed by atoms with Gasteiger partial charge in [0, 0.05) is 6.04 Å². The van der Waals surface area contributed by atoms with Crippen molar-refractivity contribution < 1.29 is 14.4 Å². The van der Waals surface area contributed by atoms with Crippen molar-refractivity contribution in [1.29, 1.82) is 0 Å². The number of carbonyl (C=O) groups is 1. The number of nitrogens with zero attached hydrogens (tertiary/aromatic N) is 1. The first-order chi connectivity index (χ1) is 8.45. The Morgan fingerprint density at radius 1 is 1.50 bits per heavy atom. The van der Waals surface area contributed by atoms with E-state index in [9.17, 15) is 9.18 Å². The van der Waals surface area contributed by atoms with Gasteiger partial charge in [0.2, 0.25) is 0 Å². The topological polar surface area (TPSA) is 99.7 Å². The molecule has 6 nitrogen and oxygen atoms in total. The molecule has 0 unspecified atom stereocenters. The predicted octanol–water partition coefficient (Wildman–Crippen LogP) is 1.45. The minimum Gasteiger partial charge on any atom is -0.409 e. The van der Waals surface area contributed by atoms with E-state index in [0.717, 1.165) is 6.07 Å². The Morgan fingerprint density at radius 2 is 2.17 bits per heavy atom. The fourth-order valence-electron chi connectivity index (χ4n) is 1.36. The van der Waals surface area contributed by atoms with Crippen LogP contribution in [0.15, 0.2) is 23.4 Å². The Balaban J connectivity index is 3.02. The molecule has 1 aromatic carbocycles. The highest BCUT2D eigenvalue weighted by Gasteiger charge is 2.15. The maximum atomic E-state index is 13.6. The molecule has 0 aliphatic rings. The molecule has 0 saturated carbocycles. The quantitative estimate of drug-likeness (QED) is 0.284. The molecule has 0 radical (unpaired) electrons. The molecule has 5 N–H and O–H groups in total. The van der Waals surface area contributed by atoms with Crippen LogP contribution >= 0.6 is 0 Å². The van der Waals surface area contributed by atoms with Gasteiger partial charge in [0.15, 0.2) is 5.84 Å². The number of rotatable bonds is 3. The van der Waals surface area contributed by atoms with Gasteiger partial charge in [0.25, 0.3) is 0 Å². The van der Waals surface area contributed by atoms with Crippen LogP contribution in [0.3, 0.4) is 0 Å². The summed E-state index contributed by atoms with van der Waals surface area (Å²) in [4.78, 5) is 11.5. The zero-order chi connectivity index (χ0) is 13.7. The Kier molecular flexibility index (Phi) is 4.47. The Labute approximate surface area is 104 Å². The molecule has 0 aliphatic heterocycles. The van der Waals surface area contributed by atoms with Gasteiger partial charge < -0.3 is 21.6 Å². The highest BCUT2D eigenvalue weighted by molar-refractivity contribution is 6.05. The number of amides is 2. The number of nitrogens with one attached hydrogen (secondary N) is 2. The number of carbonyl (C=O) groups excluding carboxylic acids is 1. The van der Waals surface area contributed by atoms with E-state index in [4.69, 9.17) is 10.9 Å². The number of urea groups is 1. The number of hydrogen-bond acceptors (Lipinski definition) is 3. The summed E-state index contributed by atoms with van der Waals surface area (Å²) in [6.45, 7) is 3.57. The van der Waals surface area contributed by atoms with Crippen molar-refractivity contribution in [3.05, 3.63) is 29.6 Å². The van der Waals surface area contributed by atoms with Crippen LogP contribution in [-0.4, -0.2) is 23.1 Å². The van der Waals surface area contributed by atoms with E-state index < -0.39 is 17.7 Å². The lowest BCUT2D eigenvalue weighted by Crippen LogP contribution is -2.35. The van der Waals surface area contributed by atoms with E-state index in [0.29, 0.717) is 0 Å². The molecule has 0 aliphatic carbocycles. The van der Waals surface area contributed by atoms with Crippen molar-refractivity contribution in [1.82, 2.24) is 5.32 Å². The SMILES string of the molecule is CC(C)NC(=O)Nc1cccc(F)c1/C(N)=N/O. The molecule has 0 saturated heterocycles. The minimum atomic E-state index is -0.687.